The van der Waals surface area contributed by atoms with Gasteiger partial charge in [0.05, 0.1) is 83.6 Å². The summed E-state index contributed by atoms with van der Waals surface area (Å²) in [6.45, 7) is 8.68. The molecule has 0 aromatic rings. The predicted molar refractivity (Wildman–Crippen MR) is 268 cm³/mol. The van der Waals surface area contributed by atoms with E-state index in [1.807, 2.05) is 9.80 Å². The Hall–Kier alpha value is -0.453. The third-order valence-electron chi connectivity index (χ3n) is 12.1. The van der Waals surface area contributed by atoms with E-state index in [4.69, 9.17) is 13.3 Å². The van der Waals surface area contributed by atoms with Crippen LogP contribution in [-0.4, -0.2) is 225 Å². The molecule has 0 heterocycles. The van der Waals surface area contributed by atoms with E-state index >= 15 is 0 Å². The minimum absolute atomic E-state index is 0.0315. The monoisotopic (exact) mass is 1050 g/mol. The molecule has 0 aromatic heterocycles. The number of unbranched alkanes of at least 4 members (excludes halogenated alkanes) is 14. The van der Waals surface area contributed by atoms with E-state index in [2.05, 4.69) is 20.9 Å². The van der Waals surface area contributed by atoms with Crippen molar-refractivity contribution in [2.24, 2.45) is 0 Å². The molecule has 0 aliphatic heterocycles. The first-order chi connectivity index (χ1) is 31.7. The van der Waals surface area contributed by atoms with Gasteiger partial charge in [-0.05, 0) is 51.6 Å². The Morgan fingerprint density at radius 3 is 1.04 bits per heavy atom. The van der Waals surface area contributed by atoms with E-state index in [1.54, 1.807) is 4.90 Å². The van der Waals surface area contributed by atoms with Gasteiger partial charge in [0, 0.05) is 58.3 Å². The molecule has 0 aliphatic carbocycles. The molecule has 0 aliphatic rings. The molecular weight excluding hydrogens is 949 g/mol. The number of aliphatic hydroxyl groups excluding tert-OH is 3. The molecule has 0 radical (unpaired) electrons. The smallest absolute Gasteiger partial charge is 0.395 e. The second kappa shape index (κ2) is 40.1. The van der Waals surface area contributed by atoms with Crippen LogP contribution in [0.4, 0.5) is 0 Å². The third kappa shape index (κ3) is 41.8. The van der Waals surface area contributed by atoms with Gasteiger partial charge in [-0.1, -0.05) is 90.9 Å². The van der Waals surface area contributed by atoms with Crippen LogP contribution < -0.4 is 0 Å². The van der Waals surface area contributed by atoms with Gasteiger partial charge >= 0.3 is 8.80 Å². The normalized spacial score (nSPS) is 13.3. The zero-order chi connectivity index (χ0) is 50.3. The first kappa shape index (κ1) is 66.5. The fourth-order valence-corrected chi connectivity index (χ4v) is 12.2. The lowest BCUT2D eigenvalue weighted by atomic mass is 10.1. The Labute approximate surface area is 408 Å². The van der Waals surface area contributed by atoms with Crippen molar-refractivity contribution in [3.05, 3.63) is 0 Å². The molecule has 19 nitrogen and oxygen atoms in total. The lowest BCUT2D eigenvalue weighted by Gasteiger charge is -2.37. The predicted octanol–water partition coefficient (Wildman–Crippen LogP) is 4.42. The molecule has 0 spiro atoms. The number of hydrogen-bond donors (Lipinski definition) is 6. The second-order valence-electron chi connectivity index (χ2n) is 18.3. The summed E-state index contributed by atoms with van der Waals surface area (Å²) in [6, 6.07) is 0.409. The maximum Gasteiger partial charge on any atom is 0.501 e. The summed E-state index contributed by atoms with van der Waals surface area (Å²) in [4.78, 5) is 5.30. The molecule has 0 rings (SSSR count). The molecular formula is C44H97N4O15S3Si+. The summed E-state index contributed by atoms with van der Waals surface area (Å²) in [6.07, 6.45) is 20.6. The minimum atomic E-state index is -4.27. The summed E-state index contributed by atoms with van der Waals surface area (Å²) in [7, 11) is -14.0. The molecule has 23 heteroatoms. The van der Waals surface area contributed by atoms with Crippen LogP contribution in [0.2, 0.25) is 6.04 Å². The van der Waals surface area contributed by atoms with Crippen molar-refractivity contribution in [1.82, 2.24) is 14.7 Å². The van der Waals surface area contributed by atoms with Crippen LogP contribution in [0.25, 0.3) is 0 Å². The number of hydrogen-bond acceptors (Lipinski definition) is 15. The Morgan fingerprint density at radius 1 is 0.403 bits per heavy atom. The van der Waals surface area contributed by atoms with Gasteiger partial charge in [-0.2, -0.15) is 25.3 Å². The zero-order valence-electron chi connectivity index (χ0n) is 41.9. The van der Waals surface area contributed by atoms with Crippen molar-refractivity contribution >= 4 is 39.2 Å². The van der Waals surface area contributed by atoms with Gasteiger partial charge in [-0.3, -0.25) is 28.4 Å². The van der Waals surface area contributed by atoms with E-state index in [0.29, 0.717) is 12.5 Å². The van der Waals surface area contributed by atoms with Crippen LogP contribution in [-0.2, 0) is 43.6 Å². The molecule has 0 atom stereocenters. The van der Waals surface area contributed by atoms with Crippen LogP contribution in [0, 0.1) is 0 Å². The highest BCUT2D eigenvalue weighted by atomic mass is 32.2. The lowest BCUT2D eigenvalue weighted by Crippen LogP contribution is -2.52. The van der Waals surface area contributed by atoms with Crippen LogP contribution in [0.1, 0.15) is 136 Å². The second-order valence-corrected chi connectivity index (χ2v) is 25.8. The molecule has 0 fully saturated rings. The van der Waals surface area contributed by atoms with Crippen molar-refractivity contribution < 1.29 is 72.0 Å². The van der Waals surface area contributed by atoms with Crippen molar-refractivity contribution in [2.45, 2.75) is 142 Å². The van der Waals surface area contributed by atoms with Gasteiger partial charge in [0.2, 0.25) is 0 Å². The average Bonchev–Trinajstić information content (AvgIpc) is 3.23. The fourth-order valence-electron chi connectivity index (χ4n) is 8.22. The first-order valence-electron chi connectivity index (χ1n) is 25.4. The van der Waals surface area contributed by atoms with Crippen LogP contribution in [0.3, 0.4) is 0 Å². The first-order valence-corrected chi connectivity index (χ1v) is 32.1. The highest BCUT2D eigenvalue weighted by Crippen LogP contribution is 2.23. The maximum atomic E-state index is 11.6. The lowest BCUT2D eigenvalue weighted by molar-refractivity contribution is -0.910. The van der Waals surface area contributed by atoms with Crippen LogP contribution in [0.5, 0.6) is 0 Å². The number of aliphatic hydroxyl groups is 3. The van der Waals surface area contributed by atoms with Crippen LogP contribution in [0.15, 0.2) is 0 Å². The Morgan fingerprint density at radius 2 is 0.716 bits per heavy atom. The fraction of sp³-hybridized carbons (Fsp3) is 1.00. The minimum Gasteiger partial charge on any atom is -0.395 e. The number of quaternary nitrogens is 1. The molecule has 6 N–H and O–H groups in total. The van der Waals surface area contributed by atoms with Crippen molar-refractivity contribution in [1.29, 1.82) is 0 Å². The summed E-state index contributed by atoms with van der Waals surface area (Å²) in [5.74, 6) is -1.41. The zero-order valence-corrected chi connectivity index (χ0v) is 45.3. The molecule has 404 valence electrons. The summed E-state index contributed by atoms with van der Waals surface area (Å²) < 4.78 is 118. The molecule has 0 aromatic carbocycles. The highest BCUT2D eigenvalue weighted by Gasteiger charge is 2.42. The SMILES string of the molecule is CCCCCCCCCC[N+](C)(CCCCCCCCCC)CCC[Si](OCCN(CCO)CCCS(=O)(=O)O)(OCCN(CCO)CCCS(=O)(=O)O)OCCN(CCO)CCS(=O)(=O)O. The molecule has 0 saturated carbocycles. The van der Waals surface area contributed by atoms with Gasteiger partial charge in [0.15, 0.2) is 0 Å². The molecule has 0 amide bonds. The highest BCUT2D eigenvalue weighted by molar-refractivity contribution is 7.86. The molecule has 0 saturated heterocycles. The molecule has 0 bridgehead atoms. The van der Waals surface area contributed by atoms with Gasteiger partial charge in [0.25, 0.3) is 30.4 Å². The van der Waals surface area contributed by atoms with E-state index < -0.39 is 56.4 Å². The van der Waals surface area contributed by atoms with E-state index in [9.17, 15) is 54.2 Å². The topological polar surface area (TPSA) is 261 Å². The molecule has 0 unspecified atom stereocenters. The van der Waals surface area contributed by atoms with Gasteiger partial charge in [-0.25, -0.2) is 0 Å². The van der Waals surface area contributed by atoms with E-state index in [0.717, 1.165) is 37.0 Å². The Kier molecular flexibility index (Phi) is 39.8. The van der Waals surface area contributed by atoms with E-state index in [-0.39, 0.29) is 111 Å². The summed E-state index contributed by atoms with van der Waals surface area (Å²) in [5.41, 5.74) is 0. The third-order valence-corrected chi connectivity index (χ3v) is 17.3. The van der Waals surface area contributed by atoms with Gasteiger partial charge in [0.1, 0.15) is 0 Å². The summed E-state index contributed by atoms with van der Waals surface area (Å²) in [5, 5.41) is 29.4. The maximum absolute atomic E-state index is 11.6. The van der Waals surface area contributed by atoms with Crippen LogP contribution >= 0.6 is 0 Å². The van der Waals surface area contributed by atoms with Gasteiger partial charge in [-0.15, -0.1) is 0 Å². The number of nitrogens with zero attached hydrogens (tertiary/aromatic N) is 4. The van der Waals surface area contributed by atoms with Crippen molar-refractivity contribution in [3.8, 4) is 0 Å². The molecule has 67 heavy (non-hydrogen) atoms. The van der Waals surface area contributed by atoms with E-state index in [1.165, 1.54) is 89.9 Å². The van der Waals surface area contributed by atoms with Crippen molar-refractivity contribution in [3.63, 3.8) is 0 Å². The Balaban J connectivity index is 6.61. The van der Waals surface area contributed by atoms with Crippen molar-refractivity contribution in [2.75, 3.05) is 142 Å². The standard InChI is InChI=1S/C44H96N4O15S3Si/c1-4-6-8-10-12-14-16-18-32-48(3,33-19-17-15-13-11-9-7-5-2)34-22-44-67(63-40-30-47(27-37-51)31-43-66(58,59)60,61-38-28-45(25-35-49)23-20-41-64(52,53)54)62-39-29-46(26-36-50)24-21-42-65(55,56)57/h49-51H,4-44H2,1-3H3,(H2-,52,53,54,55,56,57,58,59,60)/p+1. The summed E-state index contributed by atoms with van der Waals surface area (Å²) >= 11 is 0. The van der Waals surface area contributed by atoms with Gasteiger partial charge < -0.3 is 33.1 Å². The Bertz CT molecular complexity index is 1430. The quantitative estimate of drug-likeness (QED) is 0.0213. The largest absolute Gasteiger partial charge is 0.501 e. The average molecular weight is 1050 g/mol. The number of rotatable bonds is 51.